The lowest BCUT2D eigenvalue weighted by molar-refractivity contribution is 0.328. The molecule has 0 bridgehead atoms. The molecule has 0 radical (unpaired) electrons. The first-order valence-corrected chi connectivity index (χ1v) is 7.55. The molecule has 1 aromatic rings. The monoisotopic (exact) mass is 285 g/mol. The van der Waals surface area contributed by atoms with E-state index < -0.39 is 0 Å². The van der Waals surface area contributed by atoms with Gasteiger partial charge in [0.05, 0.1) is 10.7 Å². The molecule has 1 nitrogen and oxygen atoms in total. The Morgan fingerprint density at radius 3 is 2.44 bits per heavy atom. The van der Waals surface area contributed by atoms with Gasteiger partial charge in [-0.3, -0.25) is 0 Å². The minimum atomic E-state index is 0.460. The lowest BCUT2D eigenvalue weighted by atomic mass is 9.84. The molecular formula is C15H21Cl2N. The largest absolute Gasteiger partial charge is 0.381 e. The van der Waals surface area contributed by atoms with Gasteiger partial charge in [-0.25, -0.2) is 0 Å². The topological polar surface area (TPSA) is 12.0 Å². The molecule has 1 aliphatic carbocycles. The number of aryl methyl sites for hydroxylation is 1. The summed E-state index contributed by atoms with van der Waals surface area (Å²) in [5, 5.41) is 5.07. The van der Waals surface area contributed by atoms with Crippen LogP contribution >= 0.6 is 23.2 Å². The minimum absolute atomic E-state index is 0.460. The summed E-state index contributed by atoms with van der Waals surface area (Å²) in [7, 11) is 0. The number of anilines is 1. The molecule has 0 amide bonds. The third-order valence-electron chi connectivity index (χ3n) is 3.99. The van der Waals surface area contributed by atoms with Crippen LogP contribution < -0.4 is 5.32 Å². The van der Waals surface area contributed by atoms with Gasteiger partial charge in [0.25, 0.3) is 0 Å². The molecule has 100 valence electrons. The van der Waals surface area contributed by atoms with Crippen molar-refractivity contribution in [1.29, 1.82) is 0 Å². The number of hydrogen-bond donors (Lipinski definition) is 1. The van der Waals surface area contributed by atoms with Crippen LogP contribution in [0.3, 0.4) is 0 Å². The summed E-state index contributed by atoms with van der Waals surface area (Å²) in [6.07, 6.45) is 6.76. The Morgan fingerprint density at radius 1 is 1.11 bits per heavy atom. The van der Waals surface area contributed by atoms with Gasteiger partial charge in [0, 0.05) is 11.1 Å². The molecule has 1 unspecified atom stereocenters. The highest BCUT2D eigenvalue weighted by molar-refractivity contribution is 6.35. The van der Waals surface area contributed by atoms with Crippen molar-refractivity contribution in [2.45, 2.75) is 52.0 Å². The van der Waals surface area contributed by atoms with Gasteiger partial charge >= 0.3 is 0 Å². The average molecular weight is 286 g/mol. The minimum Gasteiger partial charge on any atom is -0.381 e. The molecule has 0 aromatic heterocycles. The van der Waals surface area contributed by atoms with E-state index in [1.807, 2.05) is 19.1 Å². The van der Waals surface area contributed by atoms with E-state index in [9.17, 15) is 0 Å². The van der Waals surface area contributed by atoms with Crippen LogP contribution in [0.15, 0.2) is 12.1 Å². The molecule has 2 rings (SSSR count). The van der Waals surface area contributed by atoms with Crippen molar-refractivity contribution in [3.63, 3.8) is 0 Å². The quantitative estimate of drug-likeness (QED) is 0.753. The fraction of sp³-hybridized carbons (Fsp3) is 0.600. The van der Waals surface area contributed by atoms with Gasteiger partial charge < -0.3 is 5.32 Å². The summed E-state index contributed by atoms with van der Waals surface area (Å²) in [6.45, 7) is 4.22. The molecule has 1 N–H and O–H groups in total. The Morgan fingerprint density at radius 2 is 1.78 bits per heavy atom. The maximum Gasteiger partial charge on any atom is 0.0641 e. The number of nitrogens with one attached hydrogen (secondary N) is 1. The lowest BCUT2D eigenvalue weighted by Crippen LogP contribution is -2.27. The van der Waals surface area contributed by atoms with E-state index in [2.05, 4.69) is 12.2 Å². The molecule has 0 saturated heterocycles. The number of halogens is 2. The van der Waals surface area contributed by atoms with Crippen molar-refractivity contribution in [3.8, 4) is 0 Å². The van der Waals surface area contributed by atoms with E-state index in [0.717, 1.165) is 27.2 Å². The second kappa shape index (κ2) is 6.16. The summed E-state index contributed by atoms with van der Waals surface area (Å²) in [6, 6.07) is 4.33. The first-order valence-electron chi connectivity index (χ1n) is 6.80. The average Bonchev–Trinajstić information content (AvgIpc) is 2.37. The van der Waals surface area contributed by atoms with Crippen molar-refractivity contribution < 1.29 is 0 Å². The molecular weight excluding hydrogens is 265 g/mol. The van der Waals surface area contributed by atoms with Crippen LogP contribution in [-0.4, -0.2) is 6.04 Å². The fourth-order valence-electron chi connectivity index (χ4n) is 2.75. The van der Waals surface area contributed by atoms with E-state index in [0.29, 0.717) is 6.04 Å². The van der Waals surface area contributed by atoms with Crippen LogP contribution in [0.1, 0.15) is 44.6 Å². The third-order valence-corrected chi connectivity index (χ3v) is 4.71. The second-order valence-corrected chi connectivity index (χ2v) is 6.23. The highest BCUT2D eigenvalue weighted by Gasteiger charge is 2.20. The molecule has 0 aliphatic heterocycles. The van der Waals surface area contributed by atoms with Crippen molar-refractivity contribution in [2.75, 3.05) is 5.32 Å². The van der Waals surface area contributed by atoms with Crippen LogP contribution in [0, 0.1) is 12.8 Å². The maximum atomic E-state index is 6.26. The fourth-order valence-corrected chi connectivity index (χ4v) is 3.19. The third kappa shape index (κ3) is 3.33. The normalized spacial score (nSPS) is 18.7. The zero-order valence-electron chi connectivity index (χ0n) is 11.1. The Labute approximate surface area is 120 Å². The van der Waals surface area contributed by atoms with Crippen molar-refractivity contribution in [2.24, 2.45) is 5.92 Å². The van der Waals surface area contributed by atoms with E-state index >= 15 is 0 Å². The first-order chi connectivity index (χ1) is 8.58. The van der Waals surface area contributed by atoms with Gasteiger partial charge in [-0.05, 0) is 50.3 Å². The molecule has 1 aromatic carbocycles. The molecule has 0 heterocycles. The SMILES string of the molecule is Cc1cc(Cl)c(NC(C)C2CCCCC2)cc1Cl. The van der Waals surface area contributed by atoms with Gasteiger partial charge in [0.1, 0.15) is 0 Å². The highest BCUT2D eigenvalue weighted by Crippen LogP contribution is 2.32. The van der Waals surface area contributed by atoms with Crippen molar-refractivity contribution >= 4 is 28.9 Å². The Balaban J connectivity index is 2.06. The molecule has 1 aliphatic rings. The van der Waals surface area contributed by atoms with Crippen LogP contribution in [0.25, 0.3) is 0 Å². The van der Waals surface area contributed by atoms with Crippen LogP contribution in [0.4, 0.5) is 5.69 Å². The Bertz CT molecular complexity index is 411. The molecule has 1 saturated carbocycles. The van der Waals surface area contributed by atoms with Gasteiger partial charge in [-0.15, -0.1) is 0 Å². The Hall–Kier alpha value is -0.400. The Kier molecular flexibility index (Phi) is 4.80. The maximum absolute atomic E-state index is 6.26. The van der Waals surface area contributed by atoms with E-state index in [-0.39, 0.29) is 0 Å². The molecule has 3 heteroatoms. The van der Waals surface area contributed by atoms with E-state index in [4.69, 9.17) is 23.2 Å². The zero-order chi connectivity index (χ0) is 13.1. The van der Waals surface area contributed by atoms with Gasteiger partial charge in [0.2, 0.25) is 0 Å². The zero-order valence-corrected chi connectivity index (χ0v) is 12.6. The van der Waals surface area contributed by atoms with Crippen LogP contribution in [0.2, 0.25) is 10.0 Å². The van der Waals surface area contributed by atoms with Gasteiger partial charge in [0.15, 0.2) is 0 Å². The lowest BCUT2D eigenvalue weighted by Gasteiger charge is -2.29. The predicted octanol–water partition coefficient (Wildman–Crippen LogP) is 5.68. The van der Waals surface area contributed by atoms with Crippen molar-refractivity contribution in [3.05, 3.63) is 27.7 Å². The molecule has 0 spiro atoms. The second-order valence-electron chi connectivity index (χ2n) is 5.41. The molecule has 1 atom stereocenters. The van der Waals surface area contributed by atoms with Gasteiger partial charge in [-0.1, -0.05) is 42.5 Å². The highest BCUT2D eigenvalue weighted by atomic mass is 35.5. The summed E-state index contributed by atoms with van der Waals surface area (Å²) in [5.41, 5.74) is 1.99. The van der Waals surface area contributed by atoms with E-state index in [1.165, 1.54) is 32.1 Å². The van der Waals surface area contributed by atoms with Crippen LogP contribution in [0.5, 0.6) is 0 Å². The van der Waals surface area contributed by atoms with Crippen molar-refractivity contribution in [1.82, 2.24) is 0 Å². The number of rotatable bonds is 3. The van der Waals surface area contributed by atoms with Gasteiger partial charge in [-0.2, -0.15) is 0 Å². The smallest absolute Gasteiger partial charge is 0.0641 e. The summed E-state index contributed by atoms with van der Waals surface area (Å²) >= 11 is 12.4. The number of hydrogen-bond acceptors (Lipinski definition) is 1. The number of benzene rings is 1. The van der Waals surface area contributed by atoms with E-state index in [1.54, 1.807) is 0 Å². The standard InChI is InChI=1S/C15H21Cl2N/c1-10-8-14(17)15(9-13(10)16)18-11(2)12-6-4-3-5-7-12/h8-9,11-12,18H,3-7H2,1-2H3. The predicted molar refractivity (Wildman–Crippen MR) is 80.9 cm³/mol. The van der Waals surface area contributed by atoms with Crippen LogP contribution in [-0.2, 0) is 0 Å². The summed E-state index contributed by atoms with van der Waals surface area (Å²) in [4.78, 5) is 0. The first kappa shape index (κ1) is 14.0. The summed E-state index contributed by atoms with van der Waals surface area (Å²) < 4.78 is 0. The molecule has 18 heavy (non-hydrogen) atoms. The molecule has 1 fully saturated rings. The summed E-state index contributed by atoms with van der Waals surface area (Å²) in [5.74, 6) is 0.759.